The van der Waals surface area contributed by atoms with Crippen LogP contribution in [0.1, 0.15) is 12.5 Å². The summed E-state index contributed by atoms with van der Waals surface area (Å²) >= 11 is 0. The maximum absolute atomic E-state index is 11.3. The number of aryl methyl sites for hydroxylation is 1. The molecule has 0 aliphatic rings. The van der Waals surface area contributed by atoms with E-state index in [2.05, 4.69) is 41.5 Å². The number of para-hydroxylation sites is 1. The van der Waals surface area contributed by atoms with E-state index in [-0.39, 0.29) is 18.3 Å². The molecule has 0 saturated heterocycles. The van der Waals surface area contributed by atoms with Gasteiger partial charge in [0.15, 0.2) is 0 Å². The number of benzene rings is 1. The molecule has 19 heavy (non-hydrogen) atoms. The Morgan fingerprint density at radius 2 is 2.00 bits per heavy atom. The van der Waals surface area contributed by atoms with Crippen LogP contribution in [-0.2, 0) is 4.79 Å². The maximum Gasteiger partial charge on any atom is 0.234 e. The summed E-state index contributed by atoms with van der Waals surface area (Å²) in [6.07, 6.45) is 0. The van der Waals surface area contributed by atoms with E-state index in [1.807, 2.05) is 12.1 Å². The molecule has 0 fully saturated rings. The number of rotatable bonds is 7. The minimum Gasteiger partial charge on any atom is -0.370 e. The van der Waals surface area contributed by atoms with Gasteiger partial charge in [0.25, 0.3) is 0 Å². The lowest BCUT2D eigenvalue weighted by Crippen LogP contribution is -2.38. The fourth-order valence-electron chi connectivity index (χ4n) is 1.92. The minimum atomic E-state index is 0. The molecule has 0 aliphatic heterocycles. The summed E-state index contributed by atoms with van der Waals surface area (Å²) in [6.45, 7) is 7.04. The highest BCUT2D eigenvalue weighted by atomic mass is 35.5. The number of carbonyl (C=O) groups is 1. The zero-order valence-corrected chi connectivity index (χ0v) is 12.7. The third-order valence-corrected chi connectivity index (χ3v) is 2.88. The monoisotopic (exact) mass is 285 g/mol. The summed E-state index contributed by atoms with van der Waals surface area (Å²) < 4.78 is 0. The second-order valence-electron chi connectivity index (χ2n) is 4.25. The molecule has 0 spiro atoms. The van der Waals surface area contributed by atoms with Gasteiger partial charge in [0.2, 0.25) is 5.91 Å². The highest BCUT2D eigenvalue weighted by Crippen LogP contribution is 2.18. The van der Waals surface area contributed by atoms with Gasteiger partial charge >= 0.3 is 0 Å². The van der Waals surface area contributed by atoms with Crippen LogP contribution in [0.3, 0.4) is 0 Å². The lowest BCUT2D eigenvalue weighted by molar-refractivity contribution is -0.120. The molecule has 1 rings (SSSR count). The molecule has 1 amide bonds. The smallest absolute Gasteiger partial charge is 0.234 e. The van der Waals surface area contributed by atoms with E-state index in [1.54, 1.807) is 7.05 Å². The van der Waals surface area contributed by atoms with Crippen LogP contribution in [-0.4, -0.2) is 39.1 Å². The Morgan fingerprint density at radius 3 is 2.58 bits per heavy atom. The lowest BCUT2D eigenvalue weighted by Gasteiger charge is -2.25. The van der Waals surface area contributed by atoms with E-state index in [9.17, 15) is 4.79 Å². The topological polar surface area (TPSA) is 44.4 Å². The van der Waals surface area contributed by atoms with E-state index < -0.39 is 0 Å². The Balaban J connectivity index is 0.00000324. The highest BCUT2D eigenvalue weighted by molar-refractivity contribution is 5.85. The van der Waals surface area contributed by atoms with Crippen LogP contribution < -0.4 is 15.5 Å². The molecule has 0 heterocycles. The Morgan fingerprint density at radius 1 is 1.32 bits per heavy atom. The van der Waals surface area contributed by atoms with Crippen LogP contribution >= 0.6 is 12.4 Å². The van der Waals surface area contributed by atoms with Gasteiger partial charge in [0.05, 0.1) is 6.54 Å². The third-order valence-electron chi connectivity index (χ3n) is 2.88. The first kappa shape index (κ1) is 17.7. The molecule has 5 heteroatoms. The number of anilines is 1. The maximum atomic E-state index is 11.3. The van der Waals surface area contributed by atoms with Crippen LogP contribution in [0, 0.1) is 6.92 Å². The molecule has 0 bridgehead atoms. The number of nitrogens with zero attached hydrogens (tertiary/aromatic N) is 1. The number of likely N-dealkylation sites (N-methyl/N-ethyl adjacent to an activating group) is 2. The van der Waals surface area contributed by atoms with E-state index in [0.717, 1.165) is 13.1 Å². The Kier molecular flexibility index (Phi) is 9.00. The molecule has 108 valence electrons. The van der Waals surface area contributed by atoms with Crippen LogP contribution in [0.2, 0.25) is 0 Å². The molecular formula is C14H24ClN3O. The minimum absolute atomic E-state index is 0. The first-order valence-corrected chi connectivity index (χ1v) is 6.41. The van der Waals surface area contributed by atoms with Crippen LogP contribution in [0.4, 0.5) is 5.69 Å². The number of halogens is 1. The van der Waals surface area contributed by atoms with Crippen molar-refractivity contribution < 1.29 is 4.79 Å². The lowest BCUT2D eigenvalue weighted by atomic mass is 10.2. The van der Waals surface area contributed by atoms with Gasteiger partial charge in [-0.1, -0.05) is 18.2 Å². The van der Waals surface area contributed by atoms with Crippen molar-refractivity contribution in [2.45, 2.75) is 13.8 Å². The van der Waals surface area contributed by atoms with Crippen molar-refractivity contribution in [3.8, 4) is 0 Å². The van der Waals surface area contributed by atoms with Gasteiger partial charge < -0.3 is 15.5 Å². The van der Waals surface area contributed by atoms with E-state index in [4.69, 9.17) is 0 Å². The van der Waals surface area contributed by atoms with Gasteiger partial charge in [-0.05, 0) is 32.5 Å². The summed E-state index contributed by atoms with van der Waals surface area (Å²) in [5, 5.41) is 5.73. The summed E-state index contributed by atoms with van der Waals surface area (Å²) in [7, 11) is 1.77. The Labute approximate surface area is 122 Å². The zero-order valence-electron chi connectivity index (χ0n) is 11.9. The zero-order chi connectivity index (χ0) is 13.4. The standard InChI is InChI=1S/C14H23N3O.ClH/c1-4-17(10-9-16-14(18)11-15-3)13-8-6-5-7-12(13)2;/h5-8,15H,4,9-11H2,1-3H3,(H,16,18);1H. The molecular weight excluding hydrogens is 262 g/mol. The van der Waals surface area contributed by atoms with Crippen molar-refractivity contribution >= 4 is 24.0 Å². The Hall–Kier alpha value is -1.26. The van der Waals surface area contributed by atoms with Gasteiger partial charge in [0, 0.05) is 25.3 Å². The van der Waals surface area contributed by atoms with Gasteiger partial charge in [-0.15, -0.1) is 12.4 Å². The molecule has 0 unspecified atom stereocenters. The van der Waals surface area contributed by atoms with Crippen molar-refractivity contribution in [2.75, 3.05) is 38.1 Å². The van der Waals surface area contributed by atoms with Crippen LogP contribution in [0.25, 0.3) is 0 Å². The summed E-state index contributed by atoms with van der Waals surface area (Å²) in [5.41, 5.74) is 2.50. The van der Waals surface area contributed by atoms with Gasteiger partial charge in [0.1, 0.15) is 0 Å². The fourth-order valence-corrected chi connectivity index (χ4v) is 1.92. The number of nitrogens with one attached hydrogen (secondary N) is 2. The number of carbonyl (C=O) groups excluding carboxylic acids is 1. The number of hydrogen-bond donors (Lipinski definition) is 2. The SMILES string of the molecule is CCN(CCNC(=O)CNC)c1ccccc1C.Cl. The molecule has 2 N–H and O–H groups in total. The first-order chi connectivity index (χ1) is 8.69. The molecule has 0 aromatic heterocycles. The molecule has 0 aliphatic carbocycles. The normalized spacial score (nSPS) is 9.63. The number of amides is 1. The van der Waals surface area contributed by atoms with Crippen LogP contribution in [0.5, 0.6) is 0 Å². The van der Waals surface area contributed by atoms with E-state index in [1.165, 1.54) is 11.3 Å². The summed E-state index contributed by atoms with van der Waals surface area (Å²) in [6, 6.07) is 8.32. The van der Waals surface area contributed by atoms with Crippen molar-refractivity contribution in [1.29, 1.82) is 0 Å². The van der Waals surface area contributed by atoms with E-state index in [0.29, 0.717) is 13.1 Å². The highest BCUT2D eigenvalue weighted by Gasteiger charge is 2.06. The van der Waals surface area contributed by atoms with Gasteiger partial charge in [-0.3, -0.25) is 4.79 Å². The van der Waals surface area contributed by atoms with Gasteiger partial charge in [-0.2, -0.15) is 0 Å². The molecule has 1 aromatic rings. The van der Waals surface area contributed by atoms with Crippen LogP contribution in [0.15, 0.2) is 24.3 Å². The largest absolute Gasteiger partial charge is 0.370 e. The van der Waals surface area contributed by atoms with Crippen molar-refractivity contribution in [3.63, 3.8) is 0 Å². The van der Waals surface area contributed by atoms with Crippen molar-refractivity contribution in [3.05, 3.63) is 29.8 Å². The molecule has 0 radical (unpaired) electrons. The second-order valence-corrected chi connectivity index (χ2v) is 4.25. The summed E-state index contributed by atoms with van der Waals surface area (Å²) in [4.78, 5) is 13.6. The number of hydrogen-bond acceptors (Lipinski definition) is 3. The molecule has 1 aromatic carbocycles. The molecule has 0 saturated carbocycles. The Bertz CT molecular complexity index is 385. The van der Waals surface area contributed by atoms with Gasteiger partial charge in [-0.25, -0.2) is 0 Å². The predicted octanol–water partition coefficient (Wildman–Crippen LogP) is 1.58. The predicted molar refractivity (Wildman–Crippen MR) is 83.3 cm³/mol. The second kappa shape index (κ2) is 9.64. The molecule has 0 atom stereocenters. The average molecular weight is 286 g/mol. The quantitative estimate of drug-likeness (QED) is 0.799. The fraction of sp³-hybridized carbons (Fsp3) is 0.500. The van der Waals surface area contributed by atoms with E-state index >= 15 is 0 Å². The van der Waals surface area contributed by atoms with Crippen molar-refractivity contribution in [2.24, 2.45) is 0 Å². The average Bonchev–Trinajstić information content (AvgIpc) is 2.36. The summed E-state index contributed by atoms with van der Waals surface area (Å²) in [5.74, 6) is 0.0401. The first-order valence-electron chi connectivity index (χ1n) is 6.41. The molecule has 4 nitrogen and oxygen atoms in total. The third kappa shape index (κ3) is 5.94. The van der Waals surface area contributed by atoms with Crippen molar-refractivity contribution in [1.82, 2.24) is 10.6 Å².